The van der Waals surface area contributed by atoms with E-state index in [-0.39, 0.29) is 12.1 Å². The van der Waals surface area contributed by atoms with E-state index in [0.29, 0.717) is 29.5 Å². The first-order valence-electron chi connectivity index (χ1n) is 13.9. The zero-order valence-corrected chi connectivity index (χ0v) is 21.7. The van der Waals surface area contributed by atoms with Crippen LogP contribution in [0.2, 0.25) is 0 Å². The first-order chi connectivity index (χ1) is 15.2. The van der Waals surface area contributed by atoms with Crippen molar-refractivity contribution in [1.82, 2.24) is 0 Å². The lowest BCUT2D eigenvalue weighted by Crippen LogP contribution is -2.60. The number of aliphatic hydroxyl groups excluding tert-OH is 1. The molecule has 0 radical (unpaired) electrons. The third-order valence-corrected chi connectivity index (χ3v) is 11.1. The molecule has 0 saturated heterocycles. The SMILES string of the molecule is CC(C)CCCC(C)C1(N)CCC2C3CC=C4CC(OCCO)CCC4(C)C3CCC21C. The molecule has 4 rings (SSSR count). The minimum absolute atomic E-state index is 0.0142. The molecule has 0 bridgehead atoms. The van der Waals surface area contributed by atoms with Crippen LogP contribution in [0.3, 0.4) is 0 Å². The minimum atomic E-state index is 0.0142. The van der Waals surface area contributed by atoms with Gasteiger partial charge in [-0.3, -0.25) is 0 Å². The molecular weight excluding hydrogens is 394 g/mol. The maximum atomic E-state index is 9.15. The number of nitrogens with two attached hydrogens (primary N) is 1. The molecule has 0 spiro atoms. The molecule has 184 valence electrons. The summed E-state index contributed by atoms with van der Waals surface area (Å²) >= 11 is 0. The molecule has 0 aliphatic heterocycles. The topological polar surface area (TPSA) is 55.5 Å². The van der Waals surface area contributed by atoms with Gasteiger partial charge in [-0.25, -0.2) is 0 Å². The molecule has 3 heteroatoms. The molecule has 32 heavy (non-hydrogen) atoms. The Bertz CT molecular complexity index is 689. The summed E-state index contributed by atoms with van der Waals surface area (Å²) in [5.41, 5.74) is 9.74. The van der Waals surface area contributed by atoms with E-state index in [9.17, 15) is 0 Å². The first-order valence-corrected chi connectivity index (χ1v) is 13.9. The Labute approximate surface area is 197 Å². The quantitative estimate of drug-likeness (QED) is 0.420. The second-order valence-corrected chi connectivity index (χ2v) is 13.0. The van der Waals surface area contributed by atoms with Crippen molar-refractivity contribution in [3.63, 3.8) is 0 Å². The summed E-state index contributed by atoms with van der Waals surface area (Å²) in [6.45, 7) is 12.9. The standard InChI is InChI=1S/C29H51NO2/c1-20(2)7-6-8-21(3)29(30)16-13-26-24-10-9-22-19-23(32-18-17-31)11-14-27(22,4)25(24)12-15-28(26,29)5/h9,20-21,23-26,31H,6-8,10-19,30H2,1-5H3. The molecule has 0 heterocycles. The smallest absolute Gasteiger partial charge is 0.0701 e. The number of aliphatic hydroxyl groups is 1. The molecule has 3 fully saturated rings. The summed E-state index contributed by atoms with van der Waals surface area (Å²) in [4.78, 5) is 0. The monoisotopic (exact) mass is 445 g/mol. The molecule has 0 aromatic carbocycles. The average Bonchev–Trinajstić information content (AvgIpc) is 3.04. The Kier molecular flexibility index (Phi) is 7.22. The van der Waals surface area contributed by atoms with Crippen molar-refractivity contribution in [2.45, 2.75) is 117 Å². The molecule has 8 atom stereocenters. The second-order valence-electron chi connectivity index (χ2n) is 13.0. The number of ether oxygens (including phenoxy) is 1. The van der Waals surface area contributed by atoms with E-state index in [1.54, 1.807) is 5.57 Å². The van der Waals surface area contributed by atoms with Gasteiger partial charge in [0.1, 0.15) is 0 Å². The molecule has 0 aromatic heterocycles. The summed E-state index contributed by atoms with van der Waals surface area (Å²) in [5, 5.41) is 9.15. The highest BCUT2D eigenvalue weighted by Gasteiger charge is 2.63. The Balaban J connectivity index is 1.49. The van der Waals surface area contributed by atoms with Gasteiger partial charge in [0.05, 0.1) is 19.3 Å². The molecular formula is C29H51NO2. The van der Waals surface area contributed by atoms with Gasteiger partial charge in [-0.05, 0) is 98.2 Å². The van der Waals surface area contributed by atoms with Crippen molar-refractivity contribution >= 4 is 0 Å². The predicted octanol–water partition coefficient (Wildman–Crippen LogP) is 6.49. The fourth-order valence-electron chi connectivity index (χ4n) is 9.00. The van der Waals surface area contributed by atoms with E-state index < -0.39 is 0 Å². The molecule has 0 aromatic rings. The maximum Gasteiger partial charge on any atom is 0.0701 e. The normalized spacial score (nSPS) is 44.6. The number of hydrogen-bond donors (Lipinski definition) is 2. The zero-order valence-electron chi connectivity index (χ0n) is 21.7. The van der Waals surface area contributed by atoms with Crippen molar-refractivity contribution in [1.29, 1.82) is 0 Å². The van der Waals surface area contributed by atoms with Crippen molar-refractivity contribution < 1.29 is 9.84 Å². The number of fused-ring (bicyclic) bond motifs is 5. The van der Waals surface area contributed by atoms with Crippen LogP contribution < -0.4 is 5.73 Å². The van der Waals surface area contributed by atoms with Crippen molar-refractivity contribution in [2.75, 3.05) is 13.2 Å². The van der Waals surface area contributed by atoms with E-state index in [4.69, 9.17) is 15.6 Å². The minimum Gasteiger partial charge on any atom is -0.394 e. The highest BCUT2D eigenvalue weighted by Crippen LogP contribution is 2.68. The van der Waals surface area contributed by atoms with E-state index in [1.165, 1.54) is 57.8 Å². The van der Waals surface area contributed by atoms with Crippen LogP contribution in [-0.4, -0.2) is 30.0 Å². The third-order valence-electron chi connectivity index (χ3n) is 11.1. The Hall–Kier alpha value is -0.380. The largest absolute Gasteiger partial charge is 0.394 e. The Morgan fingerprint density at radius 3 is 2.53 bits per heavy atom. The summed E-state index contributed by atoms with van der Waals surface area (Å²) in [6.07, 6.45) is 16.8. The molecule has 4 aliphatic rings. The van der Waals surface area contributed by atoms with Gasteiger partial charge in [-0.2, -0.15) is 0 Å². The van der Waals surface area contributed by atoms with Crippen LogP contribution in [-0.2, 0) is 4.74 Å². The number of hydrogen-bond acceptors (Lipinski definition) is 3. The predicted molar refractivity (Wildman–Crippen MR) is 133 cm³/mol. The van der Waals surface area contributed by atoms with Crippen LogP contribution in [0.15, 0.2) is 11.6 Å². The van der Waals surface area contributed by atoms with Crippen molar-refractivity contribution in [3.8, 4) is 0 Å². The lowest BCUT2D eigenvalue weighted by molar-refractivity contribution is -0.0720. The molecule has 3 saturated carbocycles. The summed E-state index contributed by atoms with van der Waals surface area (Å²) in [7, 11) is 0. The lowest BCUT2D eigenvalue weighted by atomic mass is 9.46. The van der Waals surface area contributed by atoms with Crippen LogP contribution >= 0.6 is 0 Å². The fraction of sp³-hybridized carbons (Fsp3) is 0.931. The van der Waals surface area contributed by atoms with Gasteiger partial charge in [-0.15, -0.1) is 0 Å². The highest BCUT2D eigenvalue weighted by molar-refractivity contribution is 5.27. The number of allylic oxidation sites excluding steroid dienone is 1. The molecule has 8 unspecified atom stereocenters. The second kappa shape index (κ2) is 9.34. The van der Waals surface area contributed by atoms with E-state index in [2.05, 4.69) is 40.7 Å². The van der Waals surface area contributed by atoms with Crippen LogP contribution in [0.5, 0.6) is 0 Å². The van der Waals surface area contributed by atoms with Gasteiger partial charge in [0.2, 0.25) is 0 Å². The third kappa shape index (κ3) is 4.03. The maximum absolute atomic E-state index is 9.15. The lowest BCUT2D eigenvalue weighted by Gasteiger charge is -2.60. The summed E-state index contributed by atoms with van der Waals surface area (Å²) in [5.74, 6) is 3.84. The zero-order chi connectivity index (χ0) is 23.1. The molecule has 4 aliphatic carbocycles. The van der Waals surface area contributed by atoms with E-state index >= 15 is 0 Å². The van der Waals surface area contributed by atoms with Gasteiger partial charge in [0.15, 0.2) is 0 Å². The Morgan fingerprint density at radius 1 is 1.06 bits per heavy atom. The van der Waals surface area contributed by atoms with Gasteiger partial charge in [-0.1, -0.05) is 59.1 Å². The number of rotatable bonds is 8. The average molecular weight is 446 g/mol. The van der Waals surface area contributed by atoms with Crippen LogP contribution in [0.25, 0.3) is 0 Å². The van der Waals surface area contributed by atoms with E-state index in [0.717, 1.165) is 36.5 Å². The highest BCUT2D eigenvalue weighted by atomic mass is 16.5. The van der Waals surface area contributed by atoms with Crippen molar-refractivity contribution in [2.24, 2.45) is 46.2 Å². The fourth-order valence-corrected chi connectivity index (χ4v) is 9.00. The van der Waals surface area contributed by atoms with Crippen molar-refractivity contribution in [3.05, 3.63) is 11.6 Å². The van der Waals surface area contributed by atoms with Crippen LogP contribution in [0, 0.1) is 40.4 Å². The van der Waals surface area contributed by atoms with Crippen LogP contribution in [0.4, 0.5) is 0 Å². The summed E-state index contributed by atoms with van der Waals surface area (Å²) in [6, 6.07) is 0. The molecule has 0 amide bonds. The van der Waals surface area contributed by atoms with Gasteiger partial charge < -0.3 is 15.6 Å². The van der Waals surface area contributed by atoms with Gasteiger partial charge in [0, 0.05) is 5.54 Å². The molecule has 3 N–H and O–H groups in total. The van der Waals surface area contributed by atoms with Crippen LogP contribution in [0.1, 0.15) is 105 Å². The first kappa shape index (κ1) is 24.7. The van der Waals surface area contributed by atoms with E-state index in [1.807, 2.05) is 0 Å². The Morgan fingerprint density at radius 2 is 1.81 bits per heavy atom. The summed E-state index contributed by atoms with van der Waals surface area (Å²) < 4.78 is 5.94. The van der Waals surface area contributed by atoms with Gasteiger partial charge in [0.25, 0.3) is 0 Å². The molecule has 3 nitrogen and oxygen atoms in total. The van der Waals surface area contributed by atoms with Gasteiger partial charge >= 0.3 is 0 Å².